The van der Waals surface area contributed by atoms with Crippen LogP contribution >= 0.6 is 0 Å². The molecule has 0 fully saturated rings. The quantitative estimate of drug-likeness (QED) is 0.782. The van der Waals surface area contributed by atoms with Crippen LogP contribution in [0.1, 0.15) is 42.4 Å². The molecule has 0 radical (unpaired) electrons. The fraction of sp³-hybridized carbons (Fsp3) is 0.533. The van der Waals surface area contributed by atoms with Gasteiger partial charge < -0.3 is 0 Å². The van der Waals surface area contributed by atoms with Crippen LogP contribution in [0.5, 0.6) is 0 Å². The van der Waals surface area contributed by atoms with Gasteiger partial charge in [0.15, 0.2) is 0 Å². The molecule has 0 atom stereocenters. The number of rotatable bonds is 5. The zero-order valence-corrected chi connectivity index (χ0v) is 11.1. The normalized spacial score (nSPS) is 14.1. The predicted molar refractivity (Wildman–Crippen MR) is 73.2 cm³/mol. The molecule has 2 rings (SSSR count). The van der Waals surface area contributed by atoms with Gasteiger partial charge in [0.2, 0.25) is 5.91 Å². The van der Waals surface area contributed by atoms with Gasteiger partial charge in [0.25, 0.3) is 0 Å². The molecule has 0 heterocycles. The van der Waals surface area contributed by atoms with E-state index in [1.165, 1.54) is 42.4 Å². The van der Waals surface area contributed by atoms with Gasteiger partial charge in [0.05, 0.1) is 0 Å². The van der Waals surface area contributed by atoms with E-state index in [-0.39, 0.29) is 5.91 Å². The average Bonchev–Trinajstić information content (AvgIpc) is 2.39. The zero-order valence-electron chi connectivity index (χ0n) is 11.1. The average molecular weight is 246 g/mol. The Morgan fingerprint density at radius 1 is 1.22 bits per heavy atom. The third kappa shape index (κ3) is 3.57. The molecule has 98 valence electrons. The third-order valence-electron chi connectivity index (χ3n) is 3.55. The molecule has 1 aliphatic carbocycles. The summed E-state index contributed by atoms with van der Waals surface area (Å²) in [6.07, 6.45) is 7.59. The number of amides is 1. The molecule has 0 spiro atoms. The van der Waals surface area contributed by atoms with Crippen molar-refractivity contribution in [2.75, 3.05) is 7.05 Å². The molecule has 0 saturated carbocycles. The SMILES string of the molecule is CNNC(=O)CCCc1ccc2c(c1)CCCC2. The van der Waals surface area contributed by atoms with Crippen molar-refractivity contribution in [1.29, 1.82) is 0 Å². The van der Waals surface area contributed by atoms with E-state index < -0.39 is 0 Å². The van der Waals surface area contributed by atoms with E-state index in [2.05, 4.69) is 29.1 Å². The minimum atomic E-state index is 0.0652. The summed E-state index contributed by atoms with van der Waals surface area (Å²) in [6.45, 7) is 0. The number of aryl methyl sites for hydroxylation is 3. The van der Waals surface area contributed by atoms with Gasteiger partial charge in [0, 0.05) is 13.5 Å². The molecule has 0 aliphatic heterocycles. The van der Waals surface area contributed by atoms with Crippen LogP contribution in [0, 0.1) is 0 Å². The molecule has 0 saturated heterocycles. The lowest BCUT2D eigenvalue weighted by molar-refractivity contribution is -0.122. The molecule has 1 aliphatic rings. The molecular weight excluding hydrogens is 224 g/mol. The van der Waals surface area contributed by atoms with Crippen molar-refractivity contribution in [2.45, 2.75) is 44.9 Å². The van der Waals surface area contributed by atoms with Crippen LogP contribution in [-0.4, -0.2) is 13.0 Å². The highest BCUT2D eigenvalue weighted by Gasteiger charge is 2.09. The van der Waals surface area contributed by atoms with Crippen LogP contribution in [0.3, 0.4) is 0 Å². The lowest BCUT2D eigenvalue weighted by atomic mass is 9.89. The van der Waals surface area contributed by atoms with Gasteiger partial charge in [-0.3, -0.25) is 10.2 Å². The number of hydrogen-bond donors (Lipinski definition) is 2. The standard InChI is InChI=1S/C15H22N2O/c1-16-17-15(18)8-4-5-12-9-10-13-6-2-3-7-14(13)11-12/h9-11,16H,2-8H2,1H3,(H,17,18). The largest absolute Gasteiger partial charge is 0.292 e. The number of benzene rings is 1. The second kappa shape index (κ2) is 6.55. The van der Waals surface area contributed by atoms with Crippen molar-refractivity contribution in [3.05, 3.63) is 34.9 Å². The molecule has 18 heavy (non-hydrogen) atoms. The molecule has 1 aromatic rings. The first kappa shape index (κ1) is 13.1. The molecule has 0 aromatic heterocycles. The van der Waals surface area contributed by atoms with Gasteiger partial charge in [-0.15, -0.1) is 0 Å². The minimum Gasteiger partial charge on any atom is -0.292 e. The van der Waals surface area contributed by atoms with Crippen LogP contribution in [0.4, 0.5) is 0 Å². The van der Waals surface area contributed by atoms with Crippen LogP contribution in [0.25, 0.3) is 0 Å². The van der Waals surface area contributed by atoms with Gasteiger partial charge in [-0.1, -0.05) is 18.2 Å². The lowest BCUT2D eigenvalue weighted by Gasteiger charge is -2.16. The van der Waals surface area contributed by atoms with E-state index in [0.29, 0.717) is 6.42 Å². The number of fused-ring (bicyclic) bond motifs is 1. The molecule has 3 heteroatoms. The maximum atomic E-state index is 11.3. The number of hydrazine groups is 1. The summed E-state index contributed by atoms with van der Waals surface area (Å²) in [5, 5.41) is 0. The van der Waals surface area contributed by atoms with Crippen LogP contribution in [0.15, 0.2) is 18.2 Å². The highest BCUT2D eigenvalue weighted by molar-refractivity contribution is 5.75. The summed E-state index contributed by atoms with van der Waals surface area (Å²) in [5.74, 6) is 0.0652. The molecule has 1 amide bonds. The molecule has 0 unspecified atom stereocenters. The Labute approximate surface area is 109 Å². The van der Waals surface area contributed by atoms with E-state index in [0.717, 1.165) is 12.8 Å². The van der Waals surface area contributed by atoms with E-state index in [4.69, 9.17) is 0 Å². The fourth-order valence-corrected chi connectivity index (χ4v) is 2.60. The molecule has 1 aromatic carbocycles. The first-order chi connectivity index (χ1) is 8.79. The summed E-state index contributed by atoms with van der Waals surface area (Å²) in [5.41, 5.74) is 9.67. The van der Waals surface area contributed by atoms with Gasteiger partial charge in [-0.2, -0.15) is 0 Å². The van der Waals surface area contributed by atoms with E-state index in [1.807, 2.05) is 0 Å². The zero-order chi connectivity index (χ0) is 12.8. The number of hydrogen-bond acceptors (Lipinski definition) is 2. The Kier molecular flexibility index (Phi) is 4.76. The number of nitrogens with one attached hydrogen (secondary N) is 2. The van der Waals surface area contributed by atoms with E-state index >= 15 is 0 Å². The predicted octanol–water partition coefficient (Wildman–Crippen LogP) is 2.14. The maximum absolute atomic E-state index is 11.3. The highest BCUT2D eigenvalue weighted by atomic mass is 16.2. The smallest absolute Gasteiger partial charge is 0.234 e. The van der Waals surface area contributed by atoms with Crippen molar-refractivity contribution >= 4 is 5.91 Å². The summed E-state index contributed by atoms with van der Waals surface area (Å²) in [7, 11) is 1.71. The second-order valence-electron chi connectivity index (χ2n) is 4.96. The number of carbonyl (C=O) groups excluding carboxylic acids is 1. The van der Waals surface area contributed by atoms with Crippen molar-refractivity contribution < 1.29 is 4.79 Å². The van der Waals surface area contributed by atoms with Gasteiger partial charge in [-0.25, -0.2) is 5.43 Å². The van der Waals surface area contributed by atoms with Gasteiger partial charge in [-0.05, 0) is 55.2 Å². The first-order valence-corrected chi connectivity index (χ1v) is 6.86. The van der Waals surface area contributed by atoms with Crippen molar-refractivity contribution in [2.24, 2.45) is 0 Å². The Morgan fingerprint density at radius 2 is 2.00 bits per heavy atom. The topological polar surface area (TPSA) is 41.1 Å². The minimum absolute atomic E-state index is 0.0652. The molecular formula is C15H22N2O. The maximum Gasteiger partial charge on any atom is 0.234 e. The highest BCUT2D eigenvalue weighted by Crippen LogP contribution is 2.22. The number of carbonyl (C=O) groups is 1. The van der Waals surface area contributed by atoms with Crippen molar-refractivity contribution in [1.82, 2.24) is 10.9 Å². The summed E-state index contributed by atoms with van der Waals surface area (Å²) < 4.78 is 0. The molecule has 0 bridgehead atoms. The summed E-state index contributed by atoms with van der Waals surface area (Å²) in [6, 6.07) is 6.84. The Hall–Kier alpha value is -1.35. The third-order valence-corrected chi connectivity index (χ3v) is 3.55. The van der Waals surface area contributed by atoms with E-state index in [1.54, 1.807) is 7.05 Å². The van der Waals surface area contributed by atoms with Crippen molar-refractivity contribution in [3.63, 3.8) is 0 Å². The second-order valence-corrected chi connectivity index (χ2v) is 4.96. The Balaban J connectivity index is 1.84. The van der Waals surface area contributed by atoms with Crippen LogP contribution in [-0.2, 0) is 24.1 Å². The van der Waals surface area contributed by atoms with Crippen LogP contribution in [0.2, 0.25) is 0 Å². The monoisotopic (exact) mass is 246 g/mol. The Morgan fingerprint density at radius 3 is 2.78 bits per heavy atom. The Bertz CT molecular complexity index is 415. The van der Waals surface area contributed by atoms with Crippen LogP contribution < -0.4 is 10.9 Å². The van der Waals surface area contributed by atoms with Gasteiger partial charge >= 0.3 is 0 Å². The first-order valence-electron chi connectivity index (χ1n) is 6.86. The fourth-order valence-electron chi connectivity index (χ4n) is 2.60. The van der Waals surface area contributed by atoms with Gasteiger partial charge in [0.1, 0.15) is 0 Å². The van der Waals surface area contributed by atoms with Crippen molar-refractivity contribution in [3.8, 4) is 0 Å². The molecule has 2 N–H and O–H groups in total. The lowest BCUT2D eigenvalue weighted by Crippen LogP contribution is -2.33. The summed E-state index contributed by atoms with van der Waals surface area (Å²) in [4.78, 5) is 11.3. The molecule has 3 nitrogen and oxygen atoms in total. The summed E-state index contributed by atoms with van der Waals surface area (Å²) >= 11 is 0. The van der Waals surface area contributed by atoms with E-state index in [9.17, 15) is 4.79 Å².